The standard InChI is InChI=1S/C15H17ClN2O/c1-4-5-13-17-14(16)11(3)15(18-13)19-12-8-6-10(2)7-9-12/h6-9H,4-5H2,1-3H3. The molecule has 0 atom stereocenters. The van der Waals surface area contributed by atoms with E-state index in [0.717, 1.165) is 30.0 Å². The Morgan fingerprint density at radius 3 is 2.42 bits per heavy atom. The van der Waals surface area contributed by atoms with Crippen molar-refractivity contribution in [3.8, 4) is 11.6 Å². The minimum Gasteiger partial charge on any atom is -0.439 e. The summed E-state index contributed by atoms with van der Waals surface area (Å²) in [5.41, 5.74) is 1.96. The molecule has 19 heavy (non-hydrogen) atoms. The second-order valence-electron chi connectivity index (χ2n) is 4.53. The van der Waals surface area contributed by atoms with Crippen LogP contribution in [0.25, 0.3) is 0 Å². The van der Waals surface area contributed by atoms with Crippen LogP contribution in [0.5, 0.6) is 11.6 Å². The van der Waals surface area contributed by atoms with Crippen molar-refractivity contribution in [3.05, 3.63) is 46.4 Å². The van der Waals surface area contributed by atoms with Crippen molar-refractivity contribution in [2.75, 3.05) is 0 Å². The van der Waals surface area contributed by atoms with Crippen LogP contribution in [0.1, 0.15) is 30.3 Å². The van der Waals surface area contributed by atoms with Gasteiger partial charge in [0, 0.05) is 12.0 Å². The molecule has 0 aliphatic carbocycles. The minimum absolute atomic E-state index is 0.459. The Hall–Kier alpha value is -1.61. The summed E-state index contributed by atoms with van der Waals surface area (Å²) < 4.78 is 5.80. The van der Waals surface area contributed by atoms with Crippen LogP contribution in [0.4, 0.5) is 0 Å². The number of rotatable bonds is 4. The van der Waals surface area contributed by atoms with E-state index in [1.165, 1.54) is 5.56 Å². The first-order valence-corrected chi connectivity index (χ1v) is 6.75. The van der Waals surface area contributed by atoms with Gasteiger partial charge in [-0.05, 0) is 32.4 Å². The van der Waals surface area contributed by atoms with Crippen LogP contribution in [0, 0.1) is 13.8 Å². The summed E-state index contributed by atoms with van der Waals surface area (Å²) >= 11 is 6.12. The lowest BCUT2D eigenvalue weighted by Crippen LogP contribution is -2.01. The Labute approximate surface area is 118 Å². The number of hydrogen-bond acceptors (Lipinski definition) is 3. The highest BCUT2D eigenvalue weighted by Gasteiger charge is 2.11. The molecule has 0 bridgehead atoms. The third kappa shape index (κ3) is 3.44. The lowest BCUT2D eigenvalue weighted by molar-refractivity contribution is 0.454. The highest BCUT2D eigenvalue weighted by atomic mass is 35.5. The van der Waals surface area contributed by atoms with Crippen molar-refractivity contribution in [2.45, 2.75) is 33.6 Å². The van der Waals surface area contributed by atoms with Gasteiger partial charge in [0.25, 0.3) is 0 Å². The molecule has 1 aromatic carbocycles. The zero-order valence-corrected chi connectivity index (χ0v) is 12.2. The normalized spacial score (nSPS) is 10.5. The predicted octanol–water partition coefficient (Wildman–Crippen LogP) is 4.49. The van der Waals surface area contributed by atoms with Gasteiger partial charge in [-0.2, -0.15) is 4.98 Å². The van der Waals surface area contributed by atoms with Crippen LogP contribution in [0.2, 0.25) is 5.15 Å². The molecule has 1 heterocycles. The van der Waals surface area contributed by atoms with E-state index in [1.807, 2.05) is 38.1 Å². The molecule has 0 saturated heterocycles. The molecule has 2 rings (SSSR count). The van der Waals surface area contributed by atoms with Crippen LogP contribution in [0.3, 0.4) is 0 Å². The number of hydrogen-bond donors (Lipinski definition) is 0. The van der Waals surface area contributed by atoms with Gasteiger partial charge in [-0.15, -0.1) is 0 Å². The molecule has 0 saturated carbocycles. The van der Waals surface area contributed by atoms with Gasteiger partial charge in [0.05, 0.1) is 0 Å². The Bertz CT molecular complexity index is 567. The molecule has 0 amide bonds. The van der Waals surface area contributed by atoms with E-state index in [9.17, 15) is 0 Å². The quantitative estimate of drug-likeness (QED) is 0.772. The maximum absolute atomic E-state index is 6.12. The molecular formula is C15H17ClN2O. The van der Waals surface area contributed by atoms with Crippen LogP contribution >= 0.6 is 11.6 Å². The van der Waals surface area contributed by atoms with E-state index >= 15 is 0 Å². The fraction of sp³-hybridized carbons (Fsp3) is 0.333. The SMILES string of the molecule is CCCc1nc(Cl)c(C)c(Oc2ccc(C)cc2)n1. The minimum atomic E-state index is 0.459. The van der Waals surface area contributed by atoms with Gasteiger partial charge in [0.2, 0.25) is 5.88 Å². The molecule has 4 heteroatoms. The topological polar surface area (TPSA) is 35.0 Å². The van der Waals surface area contributed by atoms with Gasteiger partial charge in [-0.1, -0.05) is 36.2 Å². The second kappa shape index (κ2) is 6.02. The first kappa shape index (κ1) is 13.8. The molecule has 0 aliphatic heterocycles. The molecule has 3 nitrogen and oxygen atoms in total. The third-order valence-corrected chi connectivity index (χ3v) is 3.17. The summed E-state index contributed by atoms with van der Waals surface area (Å²) in [6.45, 7) is 5.98. The zero-order chi connectivity index (χ0) is 13.8. The monoisotopic (exact) mass is 276 g/mol. The van der Waals surface area contributed by atoms with Crippen molar-refractivity contribution in [2.24, 2.45) is 0 Å². The lowest BCUT2D eigenvalue weighted by Gasteiger charge is -2.10. The Balaban J connectivity index is 2.30. The lowest BCUT2D eigenvalue weighted by atomic mass is 10.2. The van der Waals surface area contributed by atoms with Crippen molar-refractivity contribution in [1.82, 2.24) is 9.97 Å². The van der Waals surface area contributed by atoms with E-state index in [1.54, 1.807) is 0 Å². The number of benzene rings is 1. The molecule has 0 unspecified atom stereocenters. The number of halogens is 1. The maximum atomic E-state index is 6.12. The van der Waals surface area contributed by atoms with Gasteiger partial charge < -0.3 is 4.74 Å². The zero-order valence-electron chi connectivity index (χ0n) is 11.4. The Morgan fingerprint density at radius 1 is 1.11 bits per heavy atom. The van der Waals surface area contributed by atoms with Gasteiger partial charge in [0.15, 0.2) is 0 Å². The second-order valence-corrected chi connectivity index (χ2v) is 4.88. The van der Waals surface area contributed by atoms with Gasteiger partial charge in [-0.3, -0.25) is 0 Å². The highest BCUT2D eigenvalue weighted by molar-refractivity contribution is 6.30. The molecule has 0 spiro atoms. The van der Waals surface area contributed by atoms with E-state index in [2.05, 4.69) is 16.9 Å². The van der Waals surface area contributed by atoms with Crippen molar-refractivity contribution >= 4 is 11.6 Å². The van der Waals surface area contributed by atoms with Crippen LogP contribution in [-0.4, -0.2) is 9.97 Å². The van der Waals surface area contributed by atoms with Crippen molar-refractivity contribution in [3.63, 3.8) is 0 Å². The van der Waals surface area contributed by atoms with Gasteiger partial charge >= 0.3 is 0 Å². The molecule has 2 aromatic rings. The van der Waals surface area contributed by atoms with Crippen LogP contribution in [0.15, 0.2) is 24.3 Å². The summed E-state index contributed by atoms with van der Waals surface area (Å²) in [7, 11) is 0. The van der Waals surface area contributed by atoms with E-state index < -0.39 is 0 Å². The van der Waals surface area contributed by atoms with Crippen molar-refractivity contribution < 1.29 is 4.74 Å². The number of aromatic nitrogens is 2. The third-order valence-electron chi connectivity index (χ3n) is 2.80. The summed E-state index contributed by atoms with van der Waals surface area (Å²) in [4.78, 5) is 8.68. The fourth-order valence-corrected chi connectivity index (χ4v) is 1.84. The molecule has 100 valence electrons. The molecule has 0 fully saturated rings. The highest BCUT2D eigenvalue weighted by Crippen LogP contribution is 2.27. The predicted molar refractivity (Wildman–Crippen MR) is 77.0 cm³/mol. The summed E-state index contributed by atoms with van der Waals surface area (Å²) in [5.74, 6) is 2.01. The largest absolute Gasteiger partial charge is 0.439 e. The number of ether oxygens (including phenoxy) is 1. The first-order valence-electron chi connectivity index (χ1n) is 6.37. The molecule has 1 aromatic heterocycles. The molecular weight excluding hydrogens is 260 g/mol. The summed E-state index contributed by atoms with van der Waals surface area (Å²) in [6.07, 6.45) is 1.77. The summed E-state index contributed by atoms with van der Waals surface area (Å²) in [5, 5.41) is 0.459. The Morgan fingerprint density at radius 2 is 1.79 bits per heavy atom. The van der Waals surface area contributed by atoms with E-state index in [4.69, 9.17) is 16.3 Å². The van der Waals surface area contributed by atoms with E-state index in [-0.39, 0.29) is 0 Å². The summed E-state index contributed by atoms with van der Waals surface area (Å²) in [6, 6.07) is 7.84. The number of nitrogens with zero attached hydrogens (tertiary/aromatic N) is 2. The van der Waals surface area contributed by atoms with Gasteiger partial charge in [-0.25, -0.2) is 4.98 Å². The smallest absolute Gasteiger partial charge is 0.226 e. The van der Waals surface area contributed by atoms with Crippen LogP contribution in [-0.2, 0) is 6.42 Å². The van der Waals surface area contributed by atoms with Crippen molar-refractivity contribution in [1.29, 1.82) is 0 Å². The fourth-order valence-electron chi connectivity index (χ4n) is 1.66. The van der Waals surface area contributed by atoms with E-state index in [0.29, 0.717) is 11.0 Å². The van der Waals surface area contributed by atoms with Gasteiger partial charge in [0.1, 0.15) is 16.7 Å². The average Bonchev–Trinajstić information content (AvgIpc) is 2.38. The molecule has 0 radical (unpaired) electrons. The maximum Gasteiger partial charge on any atom is 0.226 e. The first-order chi connectivity index (χ1) is 9.10. The number of aryl methyl sites for hydroxylation is 2. The molecule has 0 aliphatic rings. The molecule has 0 N–H and O–H groups in total. The average molecular weight is 277 g/mol. The van der Waals surface area contributed by atoms with Crippen LogP contribution < -0.4 is 4.74 Å². The Kier molecular flexibility index (Phi) is 4.38.